The Balaban J connectivity index is 2.47. The van der Waals surface area contributed by atoms with Crippen molar-refractivity contribution < 1.29 is 13.2 Å². The molecule has 1 nitrogen and oxygen atoms in total. The van der Waals surface area contributed by atoms with E-state index in [0.717, 1.165) is 25.7 Å². The van der Waals surface area contributed by atoms with Crippen LogP contribution in [0, 0.1) is 0 Å². The highest BCUT2D eigenvalue weighted by atomic mass is 79.9. The van der Waals surface area contributed by atoms with Gasteiger partial charge in [-0.15, -0.1) is 0 Å². The topological polar surface area (TPSA) is 3.24 Å². The number of rotatable bonds is 4. The molecule has 1 fully saturated rings. The summed E-state index contributed by atoms with van der Waals surface area (Å²) in [5.41, 5.74) is 0. The van der Waals surface area contributed by atoms with Crippen molar-refractivity contribution in [3.63, 3.8) is 0 Å². The van der Waals surface area contributed by atoms with Gasteiger partial charge in [0.2, 0.25) is 0 Å². The predicted octanol–water partition coefficient (Wildman–Crippen LogP) is 3.58. The van der Waals surface area contributed by atoms with E-state index in [1.807, 2.05) is 0 Å². The molecular weight excluding hydrogens is 271 g/mol. The lowest BCUT2D eigenvalue weighted by Crippen LogP contribution is -2.43. The molecule has 90 valence electrons. The lowest BCUT2D eigenvalue weighted by molar-refractivity contribution is -0.151. The molecule has 0 saturated heterocycles. The van der Waals surface area contributed by atoms with Crippen LogP contribution in [0.2, 0.25) is 0 Å². The fourth-order valence-electron chi connectivity index (χ4n) is 2.18. The van der Waals surface area contributed by atoms with Gasteiger partial charge < -0.3 is 0 Å². The molecule has 0 radical (unpaired) electrons. The third-order valence-electron chi connectivity index (χ3n) is 2.85. The average Bonchev–Trinajstić information content (AvgIpc) is 2.17. The zero-order chi connectivity index (χ0) is 11.3. The smallest absolute Gasteiger partial charge is 0.291 e. The Morgan fingerprint density at radius 3 is 2.20 bits per heavy atom. The standard InChI is InChI=1S/C10H17BrF3N/c11-6-7-15(8-10(12,13)14)9-4-2-1-3-5-9/h9H,1-8H2. The Morgan fingerprint density at radius 1 is 1.13 bits per heavy atom. The summed E-state index contributed by atoms with van der Waals surface area (Å²) < 4.78 is 37.0. The van der Waals surface area contributed by atoms with Crippen LogP contribution < -0.4 is 0 Å². The number of hydrogen-bond acceptors (Lipinski definition) is 1. The minimum absolute atomic E-state index is 0.137. The molecule has 0 spiro atoms. The van der Waals surface area contributed by atoms with Gasteiger partial charge in [-0.1, -0.05) is 35.2 Å². The number of alkyl halides is 4. The number of hydrogen-bond donors (Lipinski definition) is 0. The van der Waals surface area contributed by atoms with Crippen LogP contribution in [0.25, 0.3) is 0 Å². The summed E-state index contributed by atoms with van der Waals surface area (Å²) in [6.07, 6.45) is 1.08. The third kappa shape index (κ3) is 5.20. The molecule has 0 aliphatic heterocycles. The maximum absolute atomic E-state index is 12.3. The molecule has 0 unspecified atom stereocenters. The van der Waals surface area contributed by atoms with Gasteiger partial charge in [-0.05, 0) is 12.8 Å². The van der Waals surface area contributed by atoms with Crippen LogP contribution in [-0.2, 0) is 0 Å². The Bertz CT molecular complexity index is 178. The van der Waals surface area contributed by atoms with Crippen LogP contribution in [0.3, 0.4) is 0 Å². The van der Waals surface area contributed by atoms with Gasteiger partial charge in [-0.25, -0.2) is 0 Å². The molecule has 0 amide bonds. The maximum Gasteiger partial charge on any atom is 0.401 e. The van der Waals surface area contributed by atoms with E-state index in [2.05, 4.69) is 15.9 Å². The van der Waals surface area contributed by atoms with Crippen LogP contribution in [-0.4, -0.2) is 35.5 Å². The van der Waals surface area contributed by atoms with E-state index in [-0.39, 0.29) is 6.04 Å². The van der Waals surface area contributed by atoms with Crippen molar-refractivity contribution in [2.75, 3.05) is 18.4 Å². The average molecular weight is 288 g/mol. The fourth-order valence-corrected chi connectivity index (χ4v) is 2.63. The molecule has 1 aliphatic rings. The van der Waals surface area contributed by atoms with E-state index < -0.39 is 12.7 Å². The first-order chi connectivity index (χ1) is 7.03. The Labute approximate surface area is 97.1 Å². The first-order valence-electron chi connectivity index (χ1n) is 5.39. The highest BCUT2D eigenvalue weighted by Crippen LogP contribution is 2.26. The molecule has 0 aromatic heterocycles. The Hall–Kier alpha value is 0.230. The highest BCUT2D eigenvalue weighted by Gasteiger charge is 2.33. The SMILES string of the molecule is FC(F)(F)CN(CCBr)C1CCCCC1. The van der Waals surface area contributed by atoms with Crippen LogP contribution in [0.5, 0.6) is 0 Å². The fraction of sp³-hybridized carbons (Fsp3) is 1.00. The van der Waals surface area contributed by atoms with Crippen molar-refractivity contribution in [1.29, 1.82) is 0 Å². The van der Waals surface area contributed by atoms with Gasteiger partial charge in [0.1, 0.15) is 0 Å². The molecule has 0 bridgehead atoms. The summed E-state index contributed by atoms with van der Waals surface area (Å²) in [6.45, 7) is -0.270. The van der Waals surface area contributed by atoms with E-state index in [4.69, 9.17) is 0 Å². The summed E-state index contributed by atoms with van der Waals surface area (Å²) >= 11 is 3.22. The normalized spacial score (nSPS) is 19.8. The van der Waals surface area contributed by atoms with Crippen LogP contribution in [0.15, 0.2) is 0 Å². The predicted molar refractivity (Wildman–Crippen MR) is 58.3 cm³/mol. The van der Waals surface area contributed by atoms with Gasteiger partial charge in [0.15, 0.2) is 0 Å². The lowest BCUT2D eigenvalue weighted by Gasteiger charge is -2.34. The van der Waals surface area contributed by atoms with E-state index >= 15 is 0 Å². The van der Waals surface area contributed by atoms with Crippen molar-refractivity contribution in [1.82, 2.24) is 4.90 Å². The summed E-state index contributed by atoms with van der Waals surface area (Å²) in [5, 5.41) is 0.611. The third-order valence-corrected chi connectivity index (χ3v) is 3.20. The lowest BCUT2D eigenvalue weighted by atomic mass is 9.94. The van der Waals surface area contributed by atoms with Gasteiger partial charge in [-0.3, -0.25) is 4.90 Å². The Kier molecular flexibility index (Phi) is 5.39. The monoisotopic (exact) mass is 287 g/mol. The Morgan fingerprint density at radius 2 is 1.73 bits per heavy atom. The second-order valence-corrected chi connectivity index (χ2v) is 4.86. The minimum Gasteiger partial charge on any atom is -0.291 e. The second kappa shape index (κ2) is 6.09. The van der Waals surface area contributed by atoms with E-state index in [1.165, 1.54) is 6.42 Å². The molecule has 15 heavy (non-hydrogen) atoms. The zero-order valence-electron chi connectivity index (χ0n) is 8.69. The van der Waals surface area contributed by atoms with E-state index in [9.17, 15) is 13.2 Å². The first-order valence-corrected chi connectivity index (χ1v) is 6.52. The van der Waals surface area contributed by atoms with E-state index in [0.29, 0.717) is 11.9 Å². The molecule has 0 aromatic carbocycles. The molecule has 0 N–H and O–H groups in total. The van der Waals surface area contributed by atoms with Crippen molar-refractivity contribution in [3.05, 3.63) is 0 Å². The quantitative estimate of drug-likeness (QED) is 0.715. The van der Waals surface area contributed by atoms with Gasteiger partial charge in [-0.2, -0.15) is 13.2 Å². The molecular formula is C10H17BrF3N. The van der Waals surface area contributed by atoms with Gasteiger partial charge in [0, 0.05) is 17.9 Å². The largest absolute Gasteiger partial charge is 0.401 e. The second-order valence-electron chi connectivity index (χ2n) is 4.07. The molecule has 1 rings (SSSR count). The molecule has 0 atom stereocenters. The van der Waals surface area contributed by atoms with Gasteiger partial charge in [0.05, 0.1) is 6.54 Å². The molecule has 0 heterocycles. The summed E-state index contributed by atoms with van der Waals surface area (Å²) in [4.78, 5) is 1.58. The molecule has 5 heteroatoms. The minimum atomic E-state index is -4.07. The molecule has 1 aliphatic carbocycles. The maximum atomic E-state index is 12.3. The zero-order valence-corrected chi connectivity index (χ0v) is 10.3. The van der Waals surface area contributed by atoms with Crippen molar-refractivity contribution in [3.8, 4) is 0 Å². The van der Waals surface area contributed by atoms with Gasteiger partial charge in [0.25, 0.3) is 0 Å². The van der Waals surface area contributed by atoms with Crippen LogP contribution >= 0.6 is 15.9 Å². The van der Waals surface area contributed by atoms with Crippen LogP contribution in [0.4, 0.5) is 13.2 Å². The highest BCUT2D eigenvalue weighted by molar-refractivity contribution is 9.09. The van der Waals surface area contributed by atoms with Gasteiger partial charge >= 0.3 is 6.18 Å². The molecule has 1 saturated carbocycles. The number of halogens is 4. The van der Waals surface area contributed by atoms with Crippen molar-refractivity contribution >= 4 is 15.9 Å². The summed E-state index contributed by atoms with van der Waals surface area (Å²) in [7, 11) is 0. The molecule has 0 aromatic rings. The van der Waals surface area contributed by atoms with Crippen molar-refractivity contribution in [2.45, 2.75) is 44.3 Å². The summed E-state index contributed by atoms with van der Waals surface area (Å²) in [6, 6.07) is 0.137. The van der Waals surface area contributed by atoms with E-state index in [1.54, 1.807) is 4.90 Å². The summed E-state index contributed by atoms with van der Waals surface area (Å²) in [5.74, 6) is 0. The van der Waals surface area contributed by atoms with Crippen LogP contribution in [0.1, 0.15) is 32.1 Å². The van der Waals surface area contributed by atoms with Crippen molar-refractivity contribution in [2.24, 2.45) is 0 Å². The first kappa shape index (κ1) is 13.3. The number of nitrogens with zero attached hydrogens (tertiary/aromatic N) is 1.